The number of benzene rings is 3. The highest BCUT2D eigenvalue weighted by Crippen LogP contribution is 2.71. The number of aromatic hydroxyl groups is 1. The number of hydrogen-bond donors (Lipinski definition) is 3. The number of aliphatic hydroxyl groups excluding tert-OH is 1. The molecule has 3 N–H and O–H groups in total. The van der Waals surface area contributed by atoms with E-state index in [9.17, 15) is 24.6 Å². The van der Waals surface area contributed by atoms with Crippen LogP contribution in [0.3, 0.4) is 0 Å². The van der Waals surface area contributed by atoms with E-state index in [4.69, 9.17) is 23.7 Å². The number of nitrogens with zero attached hydrogens (tertiary/aromatic N) is 2. The second-order valence-corrected chi connectivity index (χ2v) is 16.0. The van der Waals surface area contributed by atoms with E-state index in [2.05, 4.69) is 15.1 Å². The van der Waals surface area contributed by atoms with Gasteiger partial charge in [0.15, 0.2) is 23.0 Å². The molecule has 6 heterocycles. The van der Waals surface area contributed by atoms with Crippen LogP contribution in [0.2, 0.25) is 0 Å². The van der Waals surface area contributed by atoms with E-state index in [1.54, 1.807) is 6.08 Å². The highest BCUT2D eigenvalue weighted by Gasteiger charge is 2.74. The van der Waals surface area contributed by atoms with Crippen molar-refractivity contribution in [3.63, 3.8) is 0 Å². The van der Waals surface area contributed by atoms with Crippen LogP contribution in [0.5, 0.6) is 28.7 Å². The van der Waals surface area contributed by atoms with E-state index in [1.165, 1.54) is 31.9 Å². The molecule has 13 nitrogen and oxygen atoms in total. The molecule has 6 aliphatic heterocycles. The standard InChI is InChI=1S/C40H41N3O10S/c1-18-13-22-14-24-38(47)43-31(30(42(24)4)27(22)32(46)33(18)49-5)37-28-29(36-35(50-17-51-36)19(2)34(28)52-20(3)44)40(43)15-25(40)53-39(48)23(16-54-37)41-26(45)12-11-21-9-7-6-8-10-21/h6-13,23-25,30-31,37-38,46-47H,14-17H2,1-5H3,(H,41,45)/b12-11+/t23-,24-,25?,30+,31?,37+,38-,40?/m0/s1. The zero-order valence-electron chi connectivity index (χ0n) is 30.5. The molecule has 54 heavy (non-hydrogen) atoms. The molecule has 1 spiro atoms. The Morgan fingerprint density at radius 1 is 1.11 bits per heavy atom. The lowest BCUT2D eigenvalue weighted by Crippen LogP contribution is -2.71. The molecule has 2 saturated heterocycles. The first kappa shape index (κ1) is 35.0. The Kier molecular flexibility index (Phi) is 8.19. The molecular weight excluding hydrogens is 715 g/mol. The number of aryl methyl sites for hydroxylation is 1. The summed E-state index contributed by atoms with van der Waals surface area (Å²) < 4.78 is 30.3. The van der Waals surface area contributed by atoms with Gasteiger partial charge in [0.25, 0.3) is 0 Å². The van der Waals surface area contributed by atoms with E-state index in [-0.39, 0.29) is 24.3 Å². The largest absolute Gasteiger partial charge is 0.504 e. The number of ether oxygens (including phenoxy) is 5. The van der Waals surface area contributed by atoms with Gasteiger partial charge in [0.2, 0.25) is 12.7 Å². The fraction of sp³-hybridized carbons (Fsp3) is 0.425. The summed E-state index contributed by atoms with van der Waals surface area (Å²) in [4.78, 5) is 44.4. The van der Waals surface area contributed by atoms with Crippen LogP contribution in [0.4, 0.5) is 0 Å². The second-order valence-electron chi connectivity index (χ2n) is 14.9. The molecule has 3 fully saturated rings. The van der Waals surface area contributed by atoms with Crippen LogP contribution in [0.15, 0.2) is 42.5 Å². The summed E-state index contributed by atoms with van der Waals surface area (Å²) in [6, 6.07) is 8.91. The quantitative estimate of drug-likeness (QED) is 0.197. The first-order valence-corrected chi connectivity index (χ1v) is 19.1. The molecule has 3 aromatic carbocycles. The van der Waals surface area contributed by atoms with Gasteiger partial charge in [-0.1, -0.05) is 36.4 Å². The molecule has 8 atom stereocenters. The van der Waals surface area contributed by atoms with E-state index in [0.717, 1.165) is 16.7 Å². The van der Waals surface area contributed by atoms with Crippen molar-refractivity contribution in [1.29, 1.82) is 0 Å². The van der Waals surface area contributed by atoms with Gasteiger partial charge in [-0.25, -0.2) is 4.79 Å². The van der Waals surface area contributed by atoms with Crippen molar-refractivity contribution in [2.24, 2.45) is 0 Å². The lowest BCUT2D eigenvalue weighted by molar-refractivity contribution is -0.189. The lowest BCUT2D eigenvalue weighted by atomic mass is 9.72. The molecule has 1 saturated carbocycles. The number of rotatable bonds is 5. The maximum absolute atomic E-state index is 14.0. The maximum Gasteiger partial charge on any atom is 0.329 e. The summed E-state index contributed by atoms with van der Waals surface area (Å²) in [6.45, 7) is 4.99. The Balaban J connectivity index is 1.24. The third-order valence-corrected chi connectivity index (χ3v) is 13.3. The molecule has 14 heteroatoms. The number of fused-ring (bicyclic) bond motifs is 9. The van der Waals surface area contributed by atoms with E-state index < -0.39 is 59.1 Å². The summed E-state index contributed by atoms with van der Waals surface area (Å²) in [7, 11) is 3.48. The summed E-state index contributed by atoms with van der Waals surface area (Å²) in [6.07, 6.45) is 2.00. The van der Waals surface area contributed by atoms with Gasteiger partial charge in [-0.2, -0.15) is 0 Å². The lowest BCUT2D eigenvalue weighted by Gasteiger charge is -2.62. The molecular formula is C40H41N3O10S. The Morgan fingerprint density at radius 2 is 1.87 bits per heavy atom. The van der Waals surface area contributed by atoms with Crippen LogP contribution < -0.4 is 24.3 Å². The number of hydrogen-bond acceptors (Lipinski definition) is 13. The molecule has 7 aliphatic rings. The Labute approximate surface area is 316 Å². The molecule has 282 valence electrons. The van der Waals surface area contributed by atoms with Crippen molar-refractivity contribution in [1.82, 2.24) is 15.1 Å². The van der Waals surface area contributed by atoms with Crippen molar-refractivity contribution < 1.29 is 48.3 Å². The third kappa shape index (κ3) is 4.99. The zero-order chi connectivity index (χ0) is 37.8. The van der Waals surface area contributed by atoms with Crippen LogP contribution in [0.25, 0.3) is 6.08 Å². The summed E-state index contributed by atoms with van der Waals surface area (Å²) in [5, 5.41) is 26.8. The summed E-state index contributed by atoms with van der Waals surface area (Å²) >= 11 is 1.39. The topological polar surface area (TPSA) is 156 Å². The van der Waals surface area contributed by atoms with Crippen molar-refractivity contribution in [3.05, 3.63) is 81.4 Å². The van der Waals surface area contributed by atoms with Crippen LogP contribution in [0.1, 0.15) is 63.6 Å². The highest BCUT2D eigenvalue weighted by atomic mass is 32.2. The average molecular weight is 756 g/mol. The van der Waals surface area contributed by atoms with Crippen LogP contribution in [0, 0.1) is 13.8 Å². The first-order chi connectivity index (χ1) is 26.0. The highest BCUT2D eigenvalue weighted by molar-refractivity contribution is 7.99. The first-order valence-electron chi connectivity index (χ1n) is 18.0. The van der Waals surface area contributed by atoms with E-state index in [0.29, 0.717) is 58.1 Å². The fourth-order valence-corrected chi connectivity index (χ4v) is 11.1. The number of phenolic OH excluding ortho intramolecular Hbond substituents is 1. The number of aliphatic hydroxyl groups is 1. The van der Waals surface area contributed by atoms with Gasteiger partial charge in [0.05, 0.1) is 30.0 Å². The number of thioether (sulfide) groups is 1. The summed E-state index contributed by atoms with van der Waals surface area (Å²) in [5.74, 6) is 0.134. The minimum absolute atomic E-state index is 0.0334. The molecule has 3 unspecified atom stereocenters. The van der Waals surface area contributed by atoms with Crippen molar-refractivity contribution in [2.45, 2.75) is 80.9 Å². The van der Waals surface area contributed by atoms with Crippen LogP contribution >= 0.6 is 11.8 Å². The molecule has 0 radical (unpaired) electrons. The average Bonchev–Trinajstić information content (AvgIpc) is 3.58. The van der Waals surface area contributed by atoms with E-state index in [1.807, 2.05) is 57.3 Å². The van der Waals surface area contributed by atoms with Crippen molar-refractivity contribution in [2.75, 3.05) is 26.7 Å². The SMILES string of the molecule is COc1c(C)cc2c(c1O)[C@@H]1C3[C@@H]4SC[C@H](NC(=O)/C=C/c5ccccc5)C(=O)OC5CC5(c5c6c(c(C)c(OC(C)=O)c54)OCO6)N3[C@@H](O)[C@H](C2)N1C. The number of carbonyl (C=O) groups excluding carboxylic acids is 3. The normalized spacial score (nSPS) is 30.4. The number of amides is 1. The Hall–Kier alpha value is -4.76. The van der Waals surface area contributed by atoms with Crippen LogP contribution in [-0.2, 0) is 31.1 Å². The van der Waals surface area contributed by atoms with Crippen molar-refractivity contribution in [3.8, 4) is 28.7 Å². The van der Waals surface area contributed by atoms with Gasteiger partial charge >= 0.3 is 11.9 Å². The number of nitrogens with one attached hydrogen (secondary N) is 1. The number of methoxy groups -OCH3 is 1. The molecule has 0 aromatic heterocycles. The fourth-order valence-electron chi connectivity index (χ4n) is 9.64. The van der Waals surface area contributed by atoms with Gasteiger partial charge in [-0.05, 0) is 50.1 Å². The molecule has 1 amide bonds. The maximum atomic E-state index is 14.0. The van der Waals surface area contributed by atoms with Gasteiger partial charge in [0.1, 0.15) is 24.1 Å². The number of piperazine rings is 1. The number of carbonyl (C=O) groups is 3. The summed E-state index contributed by atoms with van der Waals surface area (Å²) in [5.41, 5.74) is 4.01. The molecule has 4 bridgehead atoms. The monoisotopic (exact) mass is 755 g/mol. The number of likely N-dealkylation sites (N-methyl/N-ethyl adjacent to an activating group) is 1. The molecule has 10 rings (SSSR count). The predicted octanol–water partition coefficient (Wildman–Crippen LogP) is 3.78. The molecule has 3 aromatic rings. The third-order valence-electron chi connectivity index (χ3n) is 11.9. The Bertz CT molecular complexity index is 2140. The van der Waals surface area contributed by atoms with Crippen LogP contribution in [-0.4, -0.2) is 95.0 Å². The molecule has 1 aliphatic carbocycles. The minimum Gasteiger partial charge on any atom is -0.504 e. The van der Waals surface area contributed by atoms with Gasteiger partial charge in [0, 0.05) is 53.5 Å². The second kappa shape index (κ2) is 12.7. The predicted molar refractivity (Wildman–Crippen MR) is 196 cm³/mol. The zero-order valence-corrected chi connectivity index (χ0v) is 31.3. The number of esters is 2. The van der Waals surface area contributed by atoms with Gasteiger partial charge < -0.3 is 39.2 Å². The smallest absolute Gasteiger partial charge is 0.329 e. The minimum atomic E-state index is -1.12. The van der Waals surface area contributed by atoms with Crippen molar-refractivity contribution >= 4 is 35.7 Å². The van der Waals surface area contributed by atoms with E-state index >= 15 is 0 Å². The van der Waals surface area contributed by atoms with Gasteiger partial charge in [-0.15, -0.1) is 11.8 Å². The van der Waals surface area contributed by atoms with Gasteiger partial charge in [-0.3, -0.25) is 19.4 Å². The Morgan fingerprint density at radius 3 is 2.61 bits per heavy atom. The number of phenols is 1.